The summed E-state index contributed by atoms with van der Waals surface area (Å²) in [5.74, 6) is 0.353. The maximum atomic E-state index is 13.3. The van der Waals surface area contributed by atoms with Crippen molar-refractivity contribution in [3.8, 4) is 0 Å². The van der Waals surface area contributed by atoms with E-state index in [-0.39, 0.29) is 5.82 Å². The average molecular weight is 237 g/mol. The summed E-state index contributed by atoms with van der Waals surface area (Å²) in [5, 5.41) is 4.06. The average Bonchev–Trinajstić information content (AvgIpc) is 2.67. The summed E-state index contributed by atoms with van der Waals surface area (Å²) < 4.78 is 17.2. The molecule has 0 atom stereocenters. The maximum Gasteiger partial charge on any atom is 0.139 e. The minimum Gasteiger partial charge on any atom is -0.383 e. The van der Waals surface area contributed by atoms with Gasteiger partial charge in [-0.15, -0.1) is 0 Å². The van der Waals surface area contributed by atoms with Crippen LogP contribution in [0, 0.1) is 5.82 Å². The van der Waals surface area contributed by atoms with Crippen LogP contribution >= 0.6 is 11.5 Å². The standard InChI is InChI=1S/C11H12FN3S/c12-9-4-2-1-3-8(9)5-6-14-11-7-10(13)15-16-11/h1-4,7,14H,5-6H2,(H2,13,15). The highest BCUT2D eigenvalue weighted by atomic mass is 32.1. The smallest absolute Gasteiger partial charge is 0.139 e. The molecule has 0 aliphatic carbocycles. The van der Waals surface area contributed by atoms with Gasteiger partial charge in [-0.25, -0.2) is 4.39 Å². The minimum atomic E-state index is -0.159. The van der Waals surface area contributed by atoms with E-state index in [1.807, 2.05) is 6.07 Å². The number of benzene rings is 1. The van der Waals surface area contributed by atoms with E-state index in [1.54, 1.807) is 18.2 Å². The second-order valence-corrected chi connectivity index (χ2v) is 4.19. The van der Waals surface area contributed by atoms with E-state index in [0.717, 1.165) is 5.00 Å². The molecule has 0 aliphatic heterocycles. The number of aromatic nitrogens is 1. The van der Waals surface area contributed by atoms with E-state index in [9.17, 15) is 4.39 Å². The van der Waals surface area contributed by atoms with Crippen LogP contribution in [0.15, 0.2) is 30.3 Å². The van der Waals surface area contributed by atoms with E-state index >= 15 is 0 Å². The lowest BCUT2D eigenvalue weighted by molar-refractivity contribution is 0.610. The molecule has 0 amide bonds. The van der Waals surface area contributed by atoms with Crippen LogP contribution < -0.4 is 11.1 Å². The van der Waals surface area contributed by atoms with Gasteiger partial charge in [-0.2, -0.15) is 4.37 Å². The number of nitrogens with two attached hydrogens (primary N) is 1. The van der Waals surface area contributed by atoms with Gasteiger partial charge >= 0.3 is 0 Å². The van der Waals surface area contributed by atoms with E-state index in [2.05, 4.69) is 9.69 Å². The van der Waals surface area contributed by atoms with Gasteiger partial charge in [0, 0.05) is 12.6 Å². The van der Waals surface area contributed by atoms with Gasteiger partial charge in [0.05, 0.1) is 0 Å². The summed E-state index contributed by atoms with van der Waals surface area (Å²) >= 11 is 1.31. The molecule has 0 bridgehead atoms. The van der Waals surface area contributed by atoms with Crippen molar-refractivity contribution in [2.24, 2.45) is 0 Å². The largest absolute Gasteiger partial charge is 0.383 e. The fraction of sp³-hybridized carbons (Fsp3) is 0.182. The van der Waals surface area contributed by atoms with Crippen LogP contribution in [0.3, 0.4) is 0 Å². The zero-order valence-corrected chi connectivity index (χ0v) is 9.43. The molecular formula is C11H12FN3S. The Labute approximate surface area is 97.3 Å². The zero-order valence-electron chi connectivity index (χ0n) is 8.61. The molecular weight excluding hydrogens is 225 g/mol. The highest BCUT2D eigenvalue weighted by Crippen LogP contribution is 2.17. The third kappa shape index (κ3) is 2.70. The lowest BCUT2D eigenvalue weighted by Gasteiger charge is -2.04. The zero-order chi connectivity index (χ0) is 11.4. The molecule has 3 N–H and O–H groups in total. The normalized spacial score (nSPS) is 10.3. The SMILES string of the molecule is Nc1cc(NCCc2ccccc2F)sn1. The molecule has 1 heterocycles. The van der Waals surface area contributed by atoms with Crippen LogP contribution in [-0.2, 0) is 6.42 Å². The molecule has 2 aromatic rings. The molecule has 1 aromatic heterocycles. The highest BCUT2D eigenvalue weighted by molar-refractivity contribution is 7.10. The molecule has 0 spiro atoms. The van der Waals surface area contributed by atoms with Crippen molar-refractivity contribution in [2.75, 3.05) is 17.6 Å². The van der Waals surface area contributed by atoms with Gasteiger partial charge in [0.15, 0.2) is 0 Å². The van der Waals surface area contributed by atoms with E-state index in [4.69, 9.17) is 5.73 Å². The first-order valence-electron chi connectivity index (χ1n) is 4.95. The number of nitrogens with zero attached hydrogens (tertiary/aromatic N) is 1. The van der Waals surface area contributed by atoms with Crippen molar-refractivity contribution in [2.45, 2.75) is 6.42 Å². The topological polar surface area (TPSA) is 50.9 Å². The Morgan fingerprint density at radius 1 is 1.38 bits per heavy atom. The number of halogens is 1. The first-order valence-corrected chi connectivity index (χ1v) is 5.72. The van der Waals surface area contributed by atoms with Gasteiger partial charge in [0.1, 0.15) is 16.6 Å². The summed E-state index contributed by atoms with van der Waals surface area (Å²) in [6.07, 6.45) is 0.643. The van der Waals surface area contributed by atoms with Crippen LogP contribution in [-0.4, -0.2) is 10.9 Å². The van der Waals surface area contributed by atoms with E-state index in [1.165, 1.54) is 17.6 Å². The summed E-state index contributed by atoms with van der Waals surface area (Å²) in [6.45, 7) is 0.669. The van der Waals surface area contributed by atoms with Crippen LogP contribution in [0.1, 0.15) is 5.56 Å². The predicted molar refractivity (Wildman–Crippen MR) is 65.1 cm³/mol. The Bertz CT molecular complexity index is 470. The van der Waals surface area contributed by atoms with Gasteiger partial charge < -0.3 is 11.1 Å². The lowest BCUT2D eigenvalue weighted by Crippen LogP contribution is -2.04. The molecule has 0 fully saturated rings. The fourth-order valence-electron chi connectivity index (χ4n) is 1.39. The third-order valence-corrected chi connectivity index (χ3v) is 2.94. The Balaban J connectivity index is 1.87. The number of anilines is 2. The van der Waals surface area contributed by atoms with Gasteiger partial charge in [0.2, 0.25) is 0 Å². The Hall–Kier alpha value is -1.62. The second-order valence-electron chi connectivity index (χ2n) is 3.38. The number of hydrogen-bond acceptors (Lipinski definition) is 4. The molecule has 0 radical (unpaired) electrons. The van der Waals surface area contributed by atoms with Crippen LogP contribution in [0.5, 0.6) is 0 Å². The number of nitrogen functional groups attached to an aromatic ring is 1. The predicted octanol–water partition coefficient (Wildman–Crippen LogP) is 2.52. The third-order valence-electron chi connectivity index (χ3n) is 2.18. The fourth-order valence-corrected chi connectivity index (χ4v) is 1.99. The van der Waals surface area contributed by atoms with Gasteiger partial charge in [-0.1, -0.05) is 18.2 Å². The molecule has 0 aliphatic rings. The van der Waals surface area contributed by atoms with Gasteiger partial charge in [0.25, 0.3) is 0 Å². The summed E-state index contributed by atoms with van der Waals surface area (Å²) in [7, 11) is 0. The number of rotatable bonds is 4. The van der Waals surface area contributed by atoms with Crippen molar-refractivity contribution < 1.29 is 4.39 Å². The monoisotopic (exact) mass is 237 g/mol. The Kier molecular flexibility index (Phi) is 3.36. The number of hydrogen-bond donors (Lipinski definition) is 2. The van der Waals surface area contributed by atoms with Crippen molar-refractivity contribution in [1.29, 1.82) is 0 Å². The highest BCUT2D eigenvalue weighted by Gasteiger charge is 2.01. The van der Waals surface area contributed by atoms with Crippen LogP contribution in [0.4, 0.5) is 15.2 Å². The first-order chi connectivity index (χ1) is 7.75. The van der Waals surface area contributed by atoms with E-state index in [0.29, 0.717) is 24.3 Å². The minimum absolute atomic E-state index is 0.159. The van der Waals surface area contributed by atoms with Crippen molar-refractivity contribution in [1.82, 2.24) is 4.37 Å². The Morgan fingerprint density at radius 3 is 2.88 bits per heavy atom. The van der Waals surface area contributed by atoms with Crippen molar-refractivity contribution >= 4 is 22.4 Å². The molecule has 0 saturated heterocycles. The molecule has 84 valence electrons. The lowest BCUT2D eigenvalue weighted by atomic mass is 10.1. The molecule has 16 heavy (non-hydrogen) atoms. The first kappa shape index (κ1) is 10.9. The molecule has 5 heteroatoms. The van der Waals surface area contributed by atoms with Crippen molar-refractivity contribution in [3.63, 3.8) is 0 Å². The summed E-state index contributed by atoms with van der Waals surface area (Å²) in [6, 6.07) is 8.56. The van der Waals surface area contributed by atoms with E-state index < -0.39 is 0 Å². The summed E-state index contributed by atoms with van der Waals surface area (Å²) in [5.41, 5.74) is 6.20. The van der Waals surface area contributed by atoms with Gasteiger partial charge in [-0.05, 0) is 29.6 Å². The molecule has 3 nitrogen and oxygen atoms in total. The second kappa shape index (κ2) is 4.94. The molecule has 2 rings (SSSR count). The van der Waals surface area contributed by atoms with Crippen molar-refractivity contribution in [3.05, 3.63) is 41.7 Å². The summed E-state index contributed by atoms with van der Waals surface area (Å²) in [4.78, 5) is 0. The number of nitrogens with one attached hydrogen (secondary N) is 1. The van der Waals surface area contributed by atoms with Crippen LogP contribution in [0.25, 0.3) is 0 Å². The molecule has 0 unspecified atom stereocenters. The maximum absolute atomic E-state index is 13.3. The quantitative estimate of drug-likeness (QED) is 0.859. The van der Waals surface area contributed by atoms with Crippen LogP contribution in [0.2, 0.25) is 0 Å². The Morgan fingerprint density at radius 2 is 2.19 bits per heavy atom. The molecule has 1 aromatic carbocycles. The molecule has 0 saturated carbocycles. The van der Waals surface area contributed by atoms with Gasteiger partial charge in [-0.3, -0.25) is 0 Å².